The van der Waals surface area contributed by atoms with Crippen LogP contribution < -0.4 is 0 Å². The van der Waals surface area contributed by atoms with Crippen molar-refractivity contribution in [2.24, 2.45) is 0 Å². The first-order valence-corrected chi connectivity index (χ1v) is 6.50. The Balaban J connectivity index is 1.55. The van der Waals surface area contributed by atoms with Crippen molar-refractivity contribution >= 4 is 5.78 Å². The first-order chi connectivity index (χ1) is 8.74. The Kier molecular flexibility index (Phi) is 4.90. The fraction of sp³-hybridized carbons (Fsp3) is 0.533. The predicted octanol–water partition coefficient (Wildman–Crippen LogP) is 2.73. The number of ether oxygens (including phenoxy) is 2. The van der Waals surface area contributed by atoms with Crippen molar-refractivity contribution in [2.75, 3.05) is 6.61 Å². The van der Waals surface area contributed by atoms with Crippen LogP contribution in [0.2, 0.25) is 0 Å². The van der Waals surface area contributed by atoms with Crippen molar-refractivity contribution in [1.82, 2.24) is 0 Å². The van der Waals surface area contributed by atoms with Crippen molar-refractivity contribution in [1.29, 1.82) is 0 Å². The zero-order valence-electron chi connectivity index (χ0n) is 10.8. The first-order valence-electron chi connectivity index (χ1n) is 6.50. The minimum Gasteiger partial charge on any atom is -0.378 e. The average Bonchev–Trinajstić information content (AvgIpc) is 2.32. The van der Waals surface area contributed by atoms with Crippen molar-refractivity contribution in [3.8, 4) is 0 Å². The van der Waals surface area contributed by atoms with E-state index in [1.807, 2.05) is 18.2 Å². The molecule has 98 valence electrons. The van der Waals surface area contributed by atoms with Gasteiger partial charge in [0.05, 0.1) is 25.4 Å². The summed E-state index contributed by atoms with van der Waals surface area (Å²) in [5.41, 5.74) is 1.21. The van der Waals surface area contributed by atoms with Crippen molar-refractivity contribution in [3.05, 3.63) is 35.9 Å². The number of carbonyl (C=O) groups is 1. The minimum atomic E-state index is 0.186. The highest BCUT2D eigenvalue weighted by molar-refractivity contribution is 5.75. The normalized spacial score (nSPS) is 22.5. The van der Waals surface area contributed by atoms with Crippen molar-refractivity contribution in [3.63, 3.8) is 0 Å². The average molecular weight is 248 g/mol. The van der Waals surface area contributed by atoms with Crippen LogP contribution in [0.3, 0.4) is 0 Å². The van der Waals surface area contributed by atoms with E-state index in [0.29, 0.717) is 25.7 Å². The van der Waals surface area contributed by atoms with E-state index < -0.39 is 0 Å². The van der Waals surface area contributed by atoms with Gasteiger partial charge in [-0.3, -0.25) is 4.79 Å². The smallest absolute Gasteiger partial charge is 0.132 e. The second kappa shape index (κ2) is 6.66. The Morgan fingerprint density at radius 2 is 1.83 bits per heavy atom. The van der Waals surface area contributed by atoms with Gasteiger partial charge in [-0.15, -0.1) is 0 Å². The lowest BCUT2D eigenvalue weighted by Crippen LogP contribution is -2.37. The van der Waals surface area contributed by atoms with Crippen LogP contribution in [0.25, 0.3) is 0 Å². The first kappa shape index (κ1) is 13.2. The summed E-state index contributed by atoms with van der Waals surface area (Å²) in [5, 5.41) is 0. The van der Waals surface area contributed by atoms with E-state index in [0.717, 1.165) is 12.8 Å². The molecule has 18 heavy (non-hydrogen) atoms. The summed E-state index contributed by atoms with van der Waals surface area (Å²) in [5.74, 6) is 0.186. The Morgan fingerprint density at radius 1 is 1.17 bits per heavy atom. The summed E-state index contributed by atoms with van der Waals surface area (Å²) in [7, 11) is 0. The van der Waals surface area contributed by atoms with Gasteiger partial charge in [-0.1, -0.05) is 30.3 Å². The zero-order chi connectivity index (χ0) is 12.8. The third kappa shape index (κ3) is 4.24. The quantitative estimate of drug-likeness (QED) is 0.744. The van der Waals surface area contributed by atoms with Gasteiger partial charge < -0.3 is 9.47 Å². The van der Waals surface area contributed by atoms with Crippen LogP contribution in [0.15, 0.2) is 30.3 Å². The number of hydrogen-bond acceptors (Lipinski definition) is 3. The molecule has 1 aromatic carbocycles. The molecule has 0 aliphatic heterocycles. The molecule has 1 aromatic rings. The van der Waals surface area contributed by atoms with Gasteiger partial charge in [0.25, 0.3) is 0 Å². The second-order valence-corrected chi connectivity index (χ2v) is 4.83. The molecule has 0 atom stereocenters. The molecule has 1 fully saturated rings. The Hall–Kier alpha value is -1.19. The summed E-state index contributed by atoms with van der Waals surface area (Å²) in [6.45, 7) is 2.81. The number of Topliss-reactive ketones (excluding diaryl/α,β-unsaturated/α-hetero) is 1. The molecule has 1 aliphatic rings. The number of ketones is 1. The van der Waals surface area contributed by atoms with Crippen LogP contribution in [0.1, 0.15) is 31.7 Å². The summed E-state index contributed by atoms with van der Waals surface area (Å²) in [6.07, 6.45) is 3.01. The van der Waals surface area contributed by atoms with Crippen LogP contribution in [0, 0.1) is 0 Å². The lowest BCUT2D eigenvalue weighted by molar-refractivity contribution is -0.123. The molecule has 2 rings (SSSR count). The molecule has 0 aromatic heterocycles. The fourth-order valence-corrected chi connectivity index (χ4v) is 1.95. The Morgan fingerprint density at radius 3 is 2.50 bits per heavy atom. The molecular weight excluding hydrogens is 228 g/mol. The van der Waals surface area contributed by atoms with Crippen molar-refractivity contribution in [2.45, 2.75) is 45.0 Å². The maximum absolute atomic E-state index is 10.8. The van der Waals surface area contributed by atoms with E-state index in [4.69, 9.17) is 9.47 Å². The highest BCUT2D eigenvalue weighted by Crippen LogP contribution is 2.27. The van der Waals surface area contributed by atoms with Crippen LogP contribution in [0.4, 0.5) is 0 Å². The van der Waals surface area contributed by atoms with Gasteiger partial charge in [-0.25, -0.2) is 0 Å². The van der Waals surface area contributed by atoms with Gasteiger partial charge in [-0.05, 0) is 25.3 Å². The number of carbonyl (C=O) groups excluding carboxylic acids is 1. The van der Waals surface area contributed by atoms with E-state index in [2.05, 4.69) is 12.1 Å². The van der Waals surface area contributed by atoms with Crippen LogP contribution in [-0.4, -0.2) is 24.6 Å². The van der Waals surface area contributed by atoms with E-state index >= 15 is 0 Å². The van der Waals surface area contributed by atoms with Gasteiger partial charge >= 0.3 is 0 Å². The molecule has 0 heterocycles. The van der Waals surface area contributed by atoms with Gasteiger partial charge in [0.1, 0.15) is 5.78 Å². The molecule has 0 bridgehead atoms. The zero-order valence-corrected chi connectivity index (χ0v) is 10.8. The number of rotatable bonds is 7. The highest BCUT2D eigenvalue weighted by atomic mass is 16.5. The van der Waals surface area contributed by atoms with Gasteiger partial charge in [0.2, 0.25) is 0 Å². The molecule has 0 radical (unpaired) electrons. The molecule has 0 spiro atoms. The topological polar surface area (TPSA) is 35.5 Å². The summed E-state index contributed by atoms with van der Waals surface area (Å²) in [4.78, 5) is 10.8. The van der Waals surface area contributed by atoms with Gasteiger partial charge in [0, 0.05) is 6.42 Å². The Bertz CT molecular complexity index is 369. The maximum atomic E-state index is 10.8. The van der Waals surface area contributed by atoms with Crippen LogP contribution >= 0.6 is 0 Å². The number of hydrogen-bond donors (Lipinski definition) is 0. The minimum absolute atomic E-state index is 0.186. The third-order valence-corrected chi connectivity index (χ3v) is 3.19. The van der Waals surface area contributed by atoms with E-state index in [-0.39, 0.29) is 11.9 Å². The predicted molar refractivity (Wildman–Crippen MR) is 69.3 cm³/mol. The number of benzene rings is 1. The van der Waals surface area contributed by atoms with Crippen LogP contribution in [0.5, 0.6) is 0 Å². The molecule has 1 saturated carbocycles. The van der Waals surface area contributed by atoms with Crippen LogP contribution in [-0.2, 0) is 20.9 Å². The van der Waals surface area contributed by atoms with E-state index in [9.17, 15) is 4.79 Å². The molecule has 1 aliphatic carbocycles. The summed E-state index contributed by atoms with van der Waals surface area (Å²) < 4.78 is 11.3. The van der Waals surface area contributed by atoms with Crippen molar-refractivity contribution < 1.29 is 14.3 Å². The Labute approximate surface area is 108 Å². The standard InChI is InChI=1S/C15H20O3/c1-12(16)7-8-17-14-9-15(10-14)18-11-13-5-3-2-4-6-13/h2-6,14-15H,7-11H2,1H3/t14-,15-. The molecular formula is C15H20O3. The molecule has 3 heteroatoms. The third-order valence-electron chi connectivity index (χ3n) is 3.19. The molecule has 3 nitrogen and oxygen atoms in total. The maximum Gasteiger partial charge on any atom is 0.132 e. The lowest BCUT2D eigenvalue weighted by atomic mass is 9.92. The van der Waals surface area contributed by atoms with Gasteiger partial charge in [-0.2, -0.15) is 0 Å². The second-order valence-electron chi connectivity index (χ2n) is 4.83. The monoisotopic (exact) mass is 248 g/mol. The SMILES string of the molecule is CC(=O)CCO[C@H]1C[C@H](OCc2ccccc2)C1. The largest absolute Gasteiger partial charge is 0.378 e. The summed E-state index contributed by atoms with van der Waals surface area (Å²) >= 11 is 0. The molecule has 0 saturated heterocycles. The van der Waals surface area contributed by atoms with E-state index in [1.54, 1.807) is 6.92 Å². The summed E-state index contributed by atoms with van der Waals surface area (Å²) in [6, 6.07) is 10.2. The lowest BCUT2D eigenvalue weighted by Gasteiger charge is -2.34. The highest BCUT2D eigenvalue weighted by Gasteiger charge is 2.30. The molecule has 0 amide bonds. The van der Waals surface area contributed by atoms with E-state index in [1.165, 1.54) is 5.56 Å². The molecule has 0 N–H and O–H groups in total. The fourth-order valence-electron chi connectivity index (χ4n) is 1.95. The van der Waals surface area contributed by atoms with Gasteiger partial charge in [0.15, 0.2) is 0 Å². The molecule has 0 unspecified atom stereocenters.